The molecule has 2 heterocycles. The average Bonchev–Trinajstić information content (AvgIpc) is 3.37. The molecule has 3 N–H and O–H groups in total. The van der Waals surface area contributed by atoms with Crippen molar-refractivity contribution in [1.82, 2.24) is 5.32 Å². The Hall–Kier alpha value is -1.95. The molecule has 4 rings (SSSR count). The van der Waals surface area contributed by atoms with E-state index in [0.717, 1.165) is 50.3 Å². The van der Waals surface area contributed by atoms with Gasteiger partial charge < -0.3 is 25.3 Å². The molecule has 3 aliphatic rings. The van der Waals surface area contributed by atoms with Crippen molar-refractivity contribution in [3.63, 3.8) is 0 Å². The molecule has 142 valence electrons. The van der Waals surface area contributed by atoms with Crippen LogP contribution in [0.2, 0.25) is 0 Å². The fraction of sp³-hybridized carbons (Fsp3) is 0.650. The van der Waals surface area contributed by atoms with Crippen LogP contribution in [0, 0.1) is 0 Å². The molecule has 0 aromatic heterocycles. The lowest BCUT2D eigenvalue weighted by atomic mass is 9.79. The van der Waals surface area contributed by atoms with Gasteiger partial charge in [0.25, 0.3) is 0 Å². The first-order valence-electron chi connectivity index (χ1n) is 9.81. The molecule has 6 nitrogen and oxygen atoms in total. The number of aliphatic imine (C=N–C) groups is 1. The van der Waals surface area contributed by atoms with E-state index in [9.17, 15) is 0 Å². The lowest BCUT2D eigenvalue weighted by molar-refractivity contribution is 0.114. The first-order chi connectivity index (χ1) is 12.8. The van der Waals surface area contributed by atoms with Crippen LogP contribution in [0.15, 0.2) is 23.2 Å². The van der Waals surface area contributed by atoms with Gasteiger partial charge in [-0.25, -0.2) is 0 Å². The fourth-order valence-corrected chi connectivity index (χ4v) is 4.28. The van der Waals surface area contributed by atoms with Crippen LogP contribution in [-0.2, 0) is 10.2 Å². The van der Waals surface area contributed by atoms with Crippen LogP contribution in [-0.4, -0.2) is 45.0 Å². The smallest absolute Gasteiger partial charge is 0.188 e. The minimum atomic E-state index is 0.0476. The summed E-state index contributed by atoms with van der Waals surface area (Å²) in [4.78, 5) is 4.68. The number of guanidine groups is 1. The number of hydrogen-bond acceptors (Lipinski definition) is 4. The number of nitrogens with zero attached hydrogens (tertiary/aromatic N) is 1. The topological polar surface area (TPSA) is 78.1 Å². The van der Waals surface area contributed by atoms with Gasteiger partial charge in [0.05, 0.1) is 12.6 Å². The van der Waals surface area contributed by atoms with Gasteiger partial charge in [-0.2, -0.15) is 0 Å². The van der Waals surface area contributed by atoms with Crippen LogP contribution in [0.25, 0.3) is 0 Å². The number of nitrogens with one attached hydrogen (secondary N) is 1. The standard InChI is InChI=1S/C20H29N3O3/c21-19(22-13-16-4-3-9-24-16)23-14-20(7-1-2-8-20)15-5-6-17-18(12-15)26-11-10-25-17/h5-6,12,16H,1-4,7-11,13-14H2,(H3,21,22,23). The van der Waals surface area contributed by atoms with E-state index >= 15 is 0 Å². The summed E-state index contributed by atoms with van der Waals surface area (Å²) < 4.78 is 17.1. The van der Waals surface area contributed by atoms with Crippen molar-refractivity contribution in [3.8, 4) is 11.5 Å². The van der Waals surface area contributed by atoms with E-state index in [2.05, 4.69) is 22.4 Å². The Labute approximate surface area is 155 Å². The van der Waals surface area contributed by atoms with Crippen LogP contribution in [0.5, 0.6) is 11.5 Å². The van der Waals surface area contributed by atoms with E-state index < -0.39 is 0 Å². The molecule has 6 heteroatoms. The molecular weight excluding hydrogens is 330 g/mol. The molecule has 1 aromatic carbocycles. The summed E-state index contributed by atoms with van der Waals surface area (Å²) in [6.07, 6.45) is 7.23. The second-order valence-corrected chi connectivity index (χ2v) is 7.56. The zero-order valence-electron chi connectivity index (χ0n) is 15.3. The van der Waals surface area contributed by atoms with Crippen molar-refractivity contribution < 1.29 is 14.2 Å². The van der Waals surface area contributed by atoms with Gasteiger partial charge in [-0.15, -0.1) is 0 Å². The van der Waals surface area contributed by atoms with Crippen molar-refractivity contribution in [1.29, 1.82) is 0 Å². The minimum Gasteiger partial charge on any atom is -0.486 e. The lowest BCUT2D eigenvalue weighted by Gasteiger charge is -2.29. The minimum absolute atomic E-state index is 0.0476. The Morgan fingerprint density at radius 1 is 1.12 bits per heavy atom. The molecule has 0 spiro atoms. The SMILES string of the molecule is NC(=NCC1(c2ccc3c(c2)OCCO3)CCCC1)NCC1CCCO1. The number of rotatable bonds is 5. The second kappa shape index (κ2) is 7.74. The molecule has 1 unspecified atom stereocenters. The van der Waals surface area contributed by atoms with Crippen LogP contribution >= 0.6 is 0 Å². The Bertz CT molecular complexity index is 650. The summed E-state index contributed by atoms with van der Waals surface area (Å²) in [6, 6.07) is 6.35. The predicted molar refractivity (Wildman–Crippen MR) is 101 cm³/mol. The highest BCUT2D eigenvalue weighted by Crippen LogP contribution is 2.44. The van der Waals surface area contributed by atoms with Gasteiger partial charge in [0.15, 0.2) is 17.5 Å². The summed E-state index contributed by atoms with van der Waals surface area (Å²) in [5.41, 5.74) is 7.45. The molecule has 1 atom stereocenters. The molecule has 0 amide bonds. The Balaban J connectivity index is 1.45. The van der Waals surface area contributed by atoms with E-state index in [4.69, 9.17) is 19.9 Å². The van der Waals surface area contributed by atoms with Gasteiger partial charge in [0.2, 0.25) is 0 Å². The average molecular weight is 359 g/mol. The van der Waals surface area contributed by atoms with E-state index in [1.807, 2.05) is 6.07 Å². The van der Waals surface area contributed by atoms with Crippen molar-refractivity contribution in [2.75, 3.05) is 32.9 Å². The molecule has 1 aliphatic carbocycles. The maximum Gasteiger partial charge on any atom is 0.188 e. The normalized spacial score (nSPS) is 24.6. The highest BCUT2D eigenvalue weighted by atomic mass is 16.6. The molecule has 1 aromatic rings. The molecule has 1 saturated carbocycles. The van der Waals surface area contributed by atoms with Crippen LogP contribution in [0.3, 0.4) is 0 Å². The van der Waals surface area contributed by atoms with Crippen molar-refractivity contribution in [2.24, 2.45) is 10.7 Å². The van der Waals surface area contributed by atoms with Crippen LogP contribution < -0.4 is 20.5 Å². The van der Waals surface area contributed by atoms with Gasteiger partial charge in [-0.05, 0) is 43.4 Å². The van der Waals surface area contributed by atoms with E-state index in [1.165, 1.54) is 18.4 Å². The third kappa shape index (κ3) is 3.75. The summed E-state index contributed by atoms with van der Waals surface area (Å²) in [5, 5.41) is 3.23. The maximum absolute atomic E-state index is 6.12. The monoisotopic (exact) mass is 359 g/mol. The number of nitrogens with two attached hydrogens (primary N) is 1. The van der Waals surface area contributed by atoms with E-state index in [0.29, 0.717) is 25.7 Å². The third-order valence-electron chi connectivity index (χ3n) is 5.80. The van der Waals surface area contributed by atoms with E-state index in [-0.39, 0.29) is 11.5 Å². The summed E-state index contributed by atoms with van der Waals surface area (Å²) >= 11 is 0. The summed E-state index contributed by atoms with van der Waals surface area (Å²) in [7, 11) is 0. The molecule has 1 saturated heterocycles. The van der Waals surface area contributed by atoms with Gasteiger partial charge in [0.1, 0.15) is 13.2 Å². The first kappa shape index (κ1) is 17.5. The second-order valence-electron chi connectivity index (χ2n) is 7.56. The van der Waals surface area contributed by atoms with Crippen molar-refractivity contribution >= 4 is 5.96 Å². The zero-order valence-corrected chi connectivity index (χ0v) is 15.3. The van der Waals surface area contributed by atoms with Gasteiger partial charge in [-0.1, -0.05) is 18.9 Å². The molecular formula is C20H29N3O3. The fourth-order valence-electron chi connectivity index (χ4n) is 4.28. The third-order valence-corrected chi connectivity index (χ3v) is 5.80. The van der Waals surface area contributed by atoms with Gasteiger partial charge in [-0.3, -0.25) is 4.99 Å². The Morgan fingerprint density at radius 2 is 1.92 bits per heavy atom. The highest BCUT2D eigenvalue weighted by molar-refractivity contribution is 5.77. The van der Waals surface area contributed by atoms with Crippen LogP contribution in [0.1, 0.15) is 44.1 Å². The quantitative estimate of drug-likeness (QED) is 0.623. The highest BCUT2D eigenvalue weighted by Gasteiger charge is 2.36. The van der Waals surface area contributed by atoms with Crippen molar-refractivity contribution in [2.45, 2.75) is 50.0 Å². The van der Waals surface area contributed by atoms with E-state index in [1.54, 1.807) is 0 Å². The predicted octanol–water partition coefficient (Wildman–Crippen LogP) is 2.35. The molecule has 2 fully saturated rings. The van der Waals surface area contributed by atoms with Crippen LogP contribution in [0.4, 0.5) is 0 Å². The van der Waals surface area contributed by atoms with Crippen molar-refractivity contribution in [3.05, 3.63) is 23.8 Å². The number of benzene rings is 1. The zero-order chi connectivity index (χ0) is 17.8. The largest absolute Gasteiger partial charge is 0.486 e. The number of fused-ring (bicyclic) bond motifs is 1. The number of hydrogen-bond donors (Lipinski definition) is 2. The Morgan fingerprint density at radius 3 is 2.69 bits per heavy atom. The van der Waals surface area contributed by atoms with Gasteiger partial charge >= 0.3 is 0 Å². The Kier molecular flexibility index (Phi) is 5.20. The first-order valence-corrected chi connectivity index (χ1v) is 9.81. The molecule has 26 heavy (non-hydrogen) atoms. The lowest BCUT2D eigenvalue weighted by Crippen LogP contribution is -2.38. The molecule has 2 aliphatic heterocycles. The van der Waals surface area contributed by atoms with Gasteiger partial charge in [0, 0.05) is 18.6 Å². The molecule has 0 bridgehead atoms. The molecule has 0 radical (unpaired) electrons. The maximum atomic E-state index is 6.12. The summed E-state index contributed by atoms with van der Waals surface area (Å²) in [6.45, 7) is 3.54. The number of ether oxygens (including phenoxy) is 3. The summed E-state index contributed by atoms with van der Waals surface area (Å²) in [5.74, 6) is 2.21.